The van der Waals surface area contributed by atoms with Crippen molar-refractivity contribution >= 4 is 39.3 Å². The molecule has 0 unspecified atom stereocenters. The Labute approximate surface area is 126 Å². The summed E-state index contributed by atoms with van der Waals surface area (Å²) in [5.41, 5.74) is 0.130. The summed E-state index contributed by atoms with van der Waals surface area (Å²) in [6, 6.07) is 4.83. The van der Waals surface area contributed by atoms with Gasteiger partial charge in [-0.15, -0.1) is 0 Å². The first kappa shape index (κ1) is 16.0. The number of amides is 2. The van der Waals surface area contributed by atoms with Crippen LogP contribution in [0.5, 0.6) is 0 Å². The van der Waals surface area contributed by atoms with E-state index in [-0.39, 0.29) is 23.9 Å². The van der Waals surface area contributed by atoms with Gasteiger partial charge in [0.25, 0.3) is 5.91 Å². The van der Waals surface area contributed by atoms with Crippen molar-refractivity contribution in [3.8, 4) is 0 Å². The zero-order valence-electron chi connectivity index (χ0n) is 11.0. The van der Waals surface area contributed by atoms with Crippen molar-refractivity contribution in [2.75, 3.05) is 6.54 Å². The van der Waals surface area contributed by atoms with E-state index >= 15 is 0 Å². The van der Waals surface area contributed by atoms with Crippen LogP contribution in [0.2, 0.25) is 5.02 Å². The Morgan fingerprint density at radius 2 is 1.95 bits per heavy atom. The van der Waals surface area contributed by atoms with Gasteiger partial charge in [0.15, 0.2) is 0 Å². The number of carbonyl (C=O) groups is 2. The predicted octanol–water partition coefficient (Wildman–Crippen LogP) is 2.75. The topological polar surface area (TPSA) is 58.2 Å². The van der Waals surface area contributed by atoms with E-state index in [1.807, 2.05) is 20.8 Å². The van der Waals surface area contributed by atoms with E-state index in [1.54, 1.807) is 18.2 Å². The summed E-state index contributed by atoms with van der Waals surface area (Å²) in [5, 5.41) is 5.85. The third kappa shape index (κ3) is 5.61. The van der Waals surface area contributed by atoms with Crippen LogP contribution in [0.3, 0.4) is 0 Å². The molecular weight excluding hydrogens is 332 g/mol. The van der Waals surface area contributed by atoms with Crippen molar-refractivity contribution in [1.29, 1.82) is 0 Å². The number of rotatable bonds is 3. The molecule has 1 aromatic rings. The van der Waals surface area contributed by atoms with Gasteiger partial charge in [-0.2, -0.15) is 0 Å². The molecule has 104 valence electrons. The highest BCUT2D eigenvalue weighted by Crippen LogP contribution is 2.23. The molecule has 1 rings (SSSR count). The van der Waals surface area contributed by atoms with Gasteiger partial charge >= 0.3 is 0 Å². The summed E-state index contributed by atoms with van der Waals surface area (Å²) in [5.74, 6) is -0.546. The molecule has 19 heavy (non-hydrogen) atoms. The van der Waals surface area contributed by atoms with Crippen molar-refractivity contribution in [3.63, 3.8) is 0 Å². The molecule has 6 heteroatoms. The van der Waals surface area contributed by atoms with E-state index in [4.69, 9.17) is 11.6 Å². The number of hydrogen-bond acceptors (Lipinski definition) is 2. The lowest BCUT2D eigenvalue weighted by molar-refractivity contribution is -0.121. The molecule has 2 N–H and O–H groups in total. The molecular formula is C13H16BrClN2O2. The Balaban J connectivity index is 2.56. The lowest BCUT2D eigenvalue weighted by Gasteiger charge is -2.20. The van der Waals surface area contributed by atoms with E-state index in [0.29, 0.717) is 15.1 Å². The molecule has 0 aliphatic carbocycles. The first-order chi connectivity index (χ1) is 8.69. The molecule has 0 heterocycles. The van der Waals surface area contributed by atoms with Crippen molar-refractivity contribution < 1.29 is 9.59 Å². The Morgan fingerprint density at radius 3 is 2.47 bits per heavy atom. The van der Waals surface area contributed by atoms with Crippen molar-refractivity contribution in [3.05, 3.63) is 33.3 Å². The third-order valence-electron chi connectivity index (χ3n) is 2.11. The molecule has 0 fully saturated rings. The van der Waals surface area contributed by atoms with Crippen LogP contribution >= 0.6 is 27.5 Å². The van der Waals surface area contributed by atoms with Gasteiger partial charge in [0.2, 0.25) is 5.91 Å². The Morgan fingerprint density at radius 1 is 1.32 bits per heavy atom. The smallest absolute Gasteiger partial charge is 0.251 e. The summed E-state index contributed by atoms with van der Waals surface area (Å²) in [7, 11) is 0. The molecule has 0 aliphatic heterocycles. The van der Waals surface area contributed by atoms with Gasteiger partial charge in [-0.1, -0.05) is 11.6 Å². The maximum Gasteiger partial charge on any atom is 0.251 e. The van der Waals surface area contributed by atoms with Crippen LogP contribution in [0.15, 0.2) is 22.7 Å². The highest BCUT2D eigenvalue weighted by atomic mass is 79.9. The van der Waals surface area contributed by atoms with Crippen molar-refractivity contribution in [2.24, 2.45) is 0 Å². The Kier molecular flexibility index (Phi) is 5.38. The maximum atomic E-state index is 11.8. The van der Waals surface area contributed by atoms with E-state index < -0.39 is 0 Å². The second kappa shape index (κ2) is 6.39. The van der Waals surface area contributed by atoms with Gasteiger partial charge < -0.3 is 10.6 Å². The minimum atomic E-state index is -0.318. The van der Waals surface area contributed by atoms with Gasteiger partial charge in [-0.25, -0.2) is 0 Å². The standard InChI is InChI=1S/C13H16BrClN2O2/c1-13(2,3)17-11(18)7-16-12(19)8-4-5-10(15)9(14)6-8/h4-6H,7H2,1-3H3,(H,16,19)(H,17,18). The highest BCUT2D eigenvalue weighted by molar-refractivity contribution is 9.10. The second-order valence-electron chi connectivity index (χ2n) is 5.11. The van der Waals surface area contributed by atoms with Crippen molar-refractivity contribution in [1.82, 2.24) is 10.6 Å². The fraction of sp³-hybridized carbons (Fsp3) is 0.385. The third-order valence-corrected chi connectivity index (χ3v) is 3.32. The molecule has 0 aliphatic rings. The number of carbonyl (C=O) groups excluding carboxylic acids is 2. The molecule has 0 radical (unpaired) electrons. The lowest BCUT2D eigenvalue weighted by atomic mass is 10.1. The van der Waals surface area contributed by atoms with Gasteiger partial charge in [0.1, 0.15) is 0 Å². The van der Waals surface area contributed by atoms with Crippen LogP contribution in [-0.2, 0) is 4.79 Å². The molecule has 0 spiro atoms. The van der Waals surface area contributed by atoms with Crippen molar-refractivity contribution in [2.45, 2.75) is 26.3 Å². The summed E-state index contributed by atoms with van der Waals surface area (Å²) in [4.78, 5) is 23.4. The van der Waals surface area contributed by atoms with E-state index in [9.17, 15) is 9.59 Å². The summed E-state index contributed by atoms with van der Waals surface area (Å²) < 4.78 is 0.640. The molecule has 0 bridgehead atoms. The quantitative estimate of drug-likeness (QED) is 0.883. The van der Waals surface area contributed by atoms with Gasteiger partial charge in [0, 0.05) is 15.6 Å². The number of hydrogen-bond donors (Lipinski definition) is 2. The largest absolute Gasteiger partial charge is 0.350 e. The average molecular weight is 348 g/mol. The van der Waals surface area contributed by atoms with Gasteiger partial charge in [-0.3, -0.25) is 9.59 Å². The van der Waals surface area contributed by atoms with E-state index in [1.165, 1.54) is 0 Å². The number of halogens is 2. The van der Waals surface area contributed by atoms with E-state index in [2.05, 4.69) is 26.6 Å². The van der Waals surface area contributed by atoms with Crippen LogP contribution in [-0.4, -0.2) is 23.9 Å². The maximum absolute atomic E-state index is 11.8. The normalized spacial score (nSPS) is 11.0. The zero-order chi connectivity index (χ0) is 14.6. The fourth-order valence-corrected chi connectivity index (χ4v) is 1.86. The highest BCUT2D eigenvalue weighted by Gasteiger charge is 2.15. The predicted molar refractivity (Wildman–Crippen MR) is 79.4 cm³/mol. The number of nitrogens with one attached hydrogen (secondary N) is 2. The minimum absolute atomic E-state index is 0.0592. The molecule has 4 nitrogen and oxygen atoms in total. The minimum Gasteiger partial charge on any atom is -0.350 e. The average Bonchev–Trinajstić information content (AvgIpc) is 2.27. The van der Waals surface area contributed by atoms with Crippen LogP contribution in [0, 0.1) is 0 Å². The molecule has 0 saturated carbocycles. The molecule has 2 amide bonds. The SMILES string of the molecule is CC(C)(C)NC(=O)CNC(=O)c1ccc(Cl)c(Br)c1. The zero-order valence-corrected chi connectivity index (χ0v) is 13.4. The van der Waals surface area contributed by atoms with Crippen LogP contribution in [0.1, 0.15) is 31.1 Å². The van der Waals surface area contributed by atoms with E-state index in [0.717, 1.165) is 0 Å². The van der Waals surface area contributed by atoms with Gasteiger partial charge in [0.05, 0.1) is 11.6 Å². The lowest BCUT2D eigenvalue weighted by Crippen LogP contribution is -2.45. The van der Waals surface area contributed by atoms with Crippen LogP contribution in [0.4, 0.5) is 0 Å². The first-order valence-electron chi connectivity index (χ1n) is 5.73. The number of benzene rings is 1. The van der Waals surface area contributed by atoms with Crippen LogP contribution in [0.25, 0.3) is 0 Å². The summed E-state index contributed by atoms with van der Waals surface area (Å²) >= 11 is 9.09. The molecule has 0 aromatic heterocycles. The molecule has 0 atom stereocenters. The second-order valence-corrected chi connectivity index (χ2v) is 6.37. The Hall–Kier alpha value is -1.07. The molecule has 0 saturated heterocycles. The first-order valence-corrected chi connectivity index (χ1v) is 6.90. The summed E-state index contributed by atoms with van der Waals surface area (Å²) in [6.45, 7) is 5.57. The fourth-order valence-electron chi connectivity index (χ4n) is 1.36. The Bertz CT molecular complexity index is 498. The monoisotopic (exact) mass is 346 g/mol. The molecule has 1 aromatic carbocycles. The van der Waals surface area contributed by atoms with Crippen LogP contribution < -0.4 is 10.6 Å². The van der Waals surface area contributed by atoms with Gasteiger partial charge in [-0.05, 0) is 54.9 Å². The summed E-state index contributed by atoms with van der Waals surface area (Å²) in [6.07, 6.45) is 0.